The van der Waals surface area contributed by atoms with Crippen LogP contribution in [0.2, 0.25) is 0 Å². The topological polar surface area (TPSA) is 43.6 Å². The molecule has 1 aliphatic rings. The third kappa shape index (κ3) is 5.85. The SMILES string of the molecule is COC(=O)CCC1=C(C)C(C#Cc2cccs2)=N/C1=C\c1c(C)c(C)c(C#Cc2cccs2)n1B(F)F. The zero-order valence-electron chi connectivity index (χ0n) is 20.8. The monoisotopic (exact) mass is 532 g/mol. The Morgan fingerprint density at radius 2 is 1.70 bits per heavy atom. The van der Waals surface area contributed by atoms with Crippen LogP contribution in [0.5, 0.6) is 0 Å². The number of carbonyl (C=O) groups is 1. The molecule has 0 atom stereocenters. The maximum Gasteiger partial charge on any atom is 0.678 e. The summed E-state index contributed by atoms with van der Waals surface area (Å²) in [4.78, 5) is 18.3. The second-order valence-corrected chi connectivity index (χ2v) is 10.2. The molecule has 3 aromatic rings. The van der Waals surface area contributed by atoms with Crippen LogP contribution in [0, 0.1) is 37.5 Å². The second-order valence-electron chi connectivity index (χ2n) is 8.26. The molecule has 0 spiro atoms. The first-order chi connectivity index (χ1) is 17.8. The maximum absolute atomic E-state index is 14.4. The van der Waals surface area contributed by atoms with Crippen LogP contribution in [0.25, 0.3) is 6.08 Å². The van der Waals surface area contributed by atoms with Gasteiger partial charge in [0.05, 0.1) is 28.3 Å². The first-order valence-electron chi connectivity index (χ1n) is 11.5. The van der Waals surface area contributed by atoms with Gasteiger partial charge in [0, 0.05) is 12.1 Å². The molecule has 0 aliphatic carbocycles. The van der Waals surface area contributed by atoms with E-state index in [1.165, 1.54) is 29.8 Å². The van der Waals surface area contributed by atoms with Crippen molar-refractivity contribution in [3.8, 4) is 23.7 Å². The minimum Gasteiger partial charge on any atom is -0.469 e. The Labute approximate surface area is 223 Å². The normalized spacial score (nSPS) is 13.7. The number of ether oxygens (including phenoxy) is 1. The maximum atomic E-state index is 14.4. The molecule has 0 saturated heterocycles. The highest BCUT2D eigenvalue weighted by Crippen LogP contribution is 2.33. The summed E-state index contributed by atoms with van der Waals surface area (Å²) in [5.74, 6) is 11.8. The first-order valence-corrected chi connectivity index (χ1v) is 13.2. The van der Waals surface area contributed by atoms with Crippen molar-refractivity contribution in [2.75, 3.05) is 7.11 Å². The first kappa shape index (κ1) is 26.4. The largest absolute Gasteiger partial charge is 0.678 e. The van der Waals surface area contributed by atoms with Gasteiger partial charge in [-0.15, -0.1) is 22.7 Å². The molecular formula is C28H23BF2N2O2S2. The van der Waals surface area contributed by atoms with Gasteiger partial charge in [0.15, 0.2) is 0 Å². The van der Waals surface area contributed by atoms with Crippen LogP contribution in [0.3, 0.4) is 0 Å². The summed E-state index contributed by atoms with van der Waals surface area (Å²) >= 11 is 2.98. The summed E-state index contributed by atoms with van der Waals surface area (Å²) in [6.07, 6.45) is 2.16. The Morgan fingerprint density at radius 1 is 1.05 bits per heavy atom. The van der Waals surface area contributed by atoms with Gasteiger partial charge in [0.1, 0.15) is 5.71 Å². The van der Waals surface area contributed by atoms with Gasteiger partial charge in [-0.1, -0.05) is 12.1 Å². The minimum absolute atomic E-state index is 0.146. The summed E-state index contributed by atoms with van der Waals surface area (Å²) in [5, 5.41) is 3.84. The molecule has 186 valence electrons. The van der Waals surface area contributed by atoms with E-state index in [9.17, 15) is 13.4 Å². The second kappa shape index (κ2) is 11.6. The predicted molar refractivity (Wildman–Crippen MR) is 148 cm³/mol. The zero-order chi connectivity index (χ0) is 26.5. The average Bonchev–Trinajstić information content (AvgIpc) is 3.67. The summed E-state index contributed by atoms with van der Waals surface area (Å²) < 4.78 is 34.5. The Hall–Kier alpha value is -3.66. The van der Waals surface area contributed by atoms with Crippen LogP contribution < -0.4 is 0 Å². The molecule has 0 N–H and O–H groups in total. The van der Waals surface area contributed by atoms with E-state index in [0.29, 0.717) is 34.7 Å². The average molecular weight is 532 g/mol. The fourth-order valence-corrected chi connectivity index (χ4v) is 5.09. The molecule has 0 aromatic carbocycles. The smallest absolute Gasteiger partial charge is 0.469 e. The van der Waals surface area contributed by atoms with Gasteiger partial charge in [-0.2, -0.15) is 0 Å². The number of hydrogen-bond acceptors (Lipinski definition) is 5. The van der Waals surface area contributed by atoms with E-state index in [4.69, 9.17) is 9.73 Å². The number of methoxy groups -OCH3 is 1. The number of aromatic nitrogens is 1. The number of aliphatic imine (C=N–C) groups is 1. The summed E-state index contributed by atoms with van der Waals surface area (Å²) in [5.41, 5.74) is 4.66. The van der Waals surface area contributed by atoms with E-state index in [1.807, 2.05) is 41.9 Å². The van der Waals surface area contributed by atoms with Crippen LogP contribution in [-0.2, 0) is 9.53 Å². The van der Waals surface area contributed by atoms with Crippen LogP contribution in [0.15, 0.2) is 56.9 Å². The minimum atomic E-state index is -2.79. The molecule has 1 aliphatic heterocycles. The van der Waals surface area contributed by atoms with Gasteiger partial charge in [-0.25, -0.2) is 4.99 Å². The molecule has 0 saturated carbocycles. The van der Waals surface area contributed by atoms with Crippen molar-refractivity contribution >= 4 is 47.8 Å². The van der Waals surface area contributed by atoms with E-state index in [2.05, 4.69) is 23.7 Å². The van der Waals surface area contributed by atoms with E-state index in [-0.39, 0.29) is 18.1 Å². The highest BCUT2D eigenvalue weighted by atomic mass is 32.1. The number of allylic oxidation sites excluding steroid dienone is 2. The Morgan fingerprint density at radius 3 is 2.27 bits per heavy atom. The molecule has 0 unspecified atom stereocenters. The third-order valence-corrected chi connectivity index (χ3v) is 7.65. The van der Waals surface area contributed by atoms with E-state index < -0.39 is 7.40 Å². The highest BCUT2D eigenvalue weighted by molar-refractivity contribution is 7.10. The van der Waals surface area contributed by atoms with Gasteiger partial charge >= 0.3 is 13.4 Å². The number of carbonyl (C=O) groups excluding carboxylic acids is 1. The van der Waals surface area contributed by atoms with Crippen molar-refractivity contribution in [2.24, 2.45) is 4.99 Å². The fourth-order valence-electron chi connectivity index (χ4n) is 3.95. The predicted octanol–water partition coefficient (Wildman–Crippen LogP) is 6.52. The fraction of sp³-hybridized carbons (Fsp3) is 0.214. The highest BCUT2D eigenvalue weighted by Gasteiger charge is 2.28. The lowest BCUT2D eigenvalue weighted by molar-refractivity contribution is -0.140. The van der Waals surface area contributed by atoms with Gasteiger partial charge in [-0.05, 0) is 102 Å². The Bertz CT molecular complexity index is 1540. The quantitative estimate of drug-likeness (QED) is 0.214. The van der Waals surface area contributed by atoms with Crippen molar-refractivity contribution < 1.29 is 18.2 Å². The van der Waals surface area contributed by atoms with Crippen molar-refractivity contribution in [1.29, 1.82) is 0 Å². The molecule has 3 aromatic heterocycles. The van der Waals surface area contributed by atoms with E-state index in [0.717, 1.165) is 25.4 Å². The Kier molecular flexibility index (Phi) is 8.28. The molecule has 4 heterocycles. The molecule has 37 heavy (non-hydrogen) atoms. The molecule has 0 bridgehead atoms. The van der Waals surface area contributed by atoms with Crippen LogP contribution in [0.1, 0.15) is 52.0 Å². The Balaban J connectivity index is 1.82. The lowest BCUT2D eigenvalue weighted by Gasteiger charge is -2.08. The zero-order valence-corrected chi connectivity index (χ0v) is 22.4. The van der Waals surface area contributed by atoms with Gasteiger partial charge < -0.3 is 9.21 Å². The molecule has 9 heteroatoms. The molecule has 0 radical (unpaired) electrons. The number of rotatable bonds is 5. The summed E-state index contributed by atoms with van der Waals surface area (Å²) in [7, 11) is -1.46. The van der Waals surface area contributed by atoms with Crippen LogP contribution >= 0.6 is 22.7 Å². The molecule has 0 amide bonds. The van der Waals surface area contributed by atoms with Gasteiger partial charge in [0.2, 0.25) is 0 Å². The van der Waals surface area contributed by atoms with Crippen molar-refractivity contribution in [2.45, 2.75) is 33.6 Å². The van der Waals surface area contributed by atoms with E-state index in [1.54, 1.807) is 19.9 Å². The standard InChI is InChI=1S/C28H23BF2N2O2S2/c1-18-19(2)27(33(29(30)31)26(18)13-10-22-8-6-16-37-22)17-25-23(11-14-28(34)35-4)20(3)24(32-25)12-9-21-7-5-15-36-21/h5-8,15-17H,11,14H2,1-4H3/b25-17-. The molecule has 4 nitrogen and oxygen atoms in total. The van der Waals surface area contributed by atoms with Crippen molar-refractivity contribution in [3.63, 3.8) is 0 Å². The van der Waals surface area contributed by atoms with E-state index >= 15 is 0 Å². The molecular weight excluding hydrogens is 509 g/mol. The van der Waals surface area contributed by atoms with Gasteiger partial charge in [0.25, 0.3) is 0 Å². The van der Waals surface area contributed by atoms with Crippen LogP contribution in [0.4, 0.5) is 8.63 Å². The summed E-state index contributed by atoms with van der Waals surface area (Å²) in [6, 6.07) is 7.56. The molecule has 0 fully saturated rings. The van der Waals surface area contributed by atoms with Crippen molar-refractivity contribution in [1.82, 2.24) is 4.48 Å². The number of hydrogen-bond donors (Lipinski definition) is 0. The third-order valence-electron chi connectivity index (χ3n) is 6.08. The number of halogens is 2. The number of thiophene rings is 2. The molecule has 4 rings (SSSR count). The lowest BCUT2D eigenvalue weighted by Crippen LogP contribution is -2.17. The van der Waals surface area contributed by atoms with Gasteiger partial charge in [-0.3, -0.25) is 13.4 Å². The number of nitrogens with zero attached hydrogens (tertiary/aromatic N) is 2. The number of esters is 1. The lowest BCUT2D eigenvalue weighted by atomic mass is 10.00. The summed E-state index contributed by atoms with van der Waals surface area (Å²) in [6.45, 7) is 5.49. The van der Waals surface area contributed by atoms with Crippen molar-refractivity contribution in [3.05, 3.63) is 84.1 Å². The van der Waals surface area contributed by atoms with Crippen LogP contribution in [-0.4, -0.2) is 30.7 Å².